The van der Waals surface area contributed by atoms with Crippen molar-refractivity contribution in [2.75, 3.05) is 6.54 Å². The van der Waals surface area contributed by atoms with Gasteiger partial charge in [-0.1, -0.05) is 11.6 Å². The summed E-state index contributed by atoms with van der Waals surface area (Å²) in [7, 11) is 0. The second kappa shape index (κ2) is 5.59. The van der Waals surface area contributed by atoms with Gasteiger partial charge in [-0.15, -0.1) is 0 Å². The Morgan fingerprint density at radius 1 is 1.56 bits per heavy atom. The molecule has 5 heteroatoms. The highest BCUT2D eigenvalue weighted by Gasteiger charge is 2.28. The van der Waals surface area contributed by atoms with Crippen molar-refractivity contribution in [1.29, 1.82) is 0 Å². The highest BCUT2D eigenvalue weighted by atomic mass is 79.9. The quantitative estimate of drug-likeness (QED) is 0.859. The minimum atomic E-state index is 0.0398. The number of nitrogens with two attached hydrogens (primary N) is 1. The zero-order chi connectivity index (χ0) is 13.3. The number of piperidine rings is 1. The lowest BCUT2D eigenvalue weighted by molar-refractivity contribution is 0.0618. The van der Waals surface area contributed by atoms with Gasteiger partial charge in [0.15, 0.2) is 0 Å². The van der Waals surface area contributed by atoms with Crippen LogP contribution in [-0.4, -0.2) is 29.4 Å². The molecule has 1 saturated heterocycles. The molecule has 98 valence electrons. The summed E-state index contributed by atoms with van der Waals surface area (Å²) in [5, 5.41) is 0.618. The summed E-state index contributed by atoms with van der Waals surface area (Å²) < 4.78 is 0.738. The monoisotopic (exact) mass is 330 g/mol. The third-order valence-electron chi connectivity index (χ3n) is 3.34. The van der Waals surface area contributed by atoms with Crippen molar-refractivity contribution in [1.82, 2.24) is 4.90 Å². The van der Waals surface area contributed by atoms with Gasteiger partial charge in [0.25, 0.3) is 5.91 Å². The molecule has 1 aliphatic heterocycles. The Balaban J connectivity index is 2.20. The lowest BCUT2D eigenvalue weighted by Gasteiger charge is -2.36. The topological polar surface area (TPSA) is 46.3 Å². The van der Waals surface area contributed by atoms with Crippen LogP contribution >= 0.6 is 27.5 Å². The van der Waals surface area contributed by atoms with Crippen LogP contribution in [0.3, 0.4) is 0 Å². The molecular weight excluding hydrogens is 316 g/mol. The Kier molecular flexibility index (Phi) is 4.30. The van der Waals surface area contributed by atoms with Gasteiger partial charge >= 0.3 is 0 Å². The third kappa shape index (κ3) is 2.87. The highest BCUT2D eigenvalue weighted by molar-refractivity contribution is 9.10. The molecule has 1 amide bonds. The Bertz CT molecular complexity index is 466. The first kappa shape index (κ1) is 13.8. The number of rotatable bonds is 1. The summed E-state index contributed by atoms with van der Waals surface area (Å²) in [5.41, 5.74) is 6.57. The lowest BCUT2D eigenvalue weighted by atomic mass is 9.98. The van der Waals surface area contributed by atoms with Crippen LogP contribution in [0.1, 0.15) is 30.1 Å². The van der Waals surface area contributed by atoms with Gasteiger partial charge in [0.1, 0.15) is 0 Å². The van der Waals surface area contributed by atoms with Crippen molar-refractivity contribution < 1.29 is 4.79 Å². The van der Waals surface area contributed by atoms with Crippen molar-refractivity contribution in [3.05, 3.63) is 33.3 Å². The van der Waals surface area contributed by atoms with Gasteiger partial charge in [-0.05, 0) is 53.9 Å². The van der Waals surface area contributed by atoms with E-state index in [4.69, 9.17) is 17.3 Å². The molecule has 0 bridgehead atoms. The average molecular weight is 332 g/mol. The Morgan fingerprint density at radius 3 is 2.89 bits per heavy atom. The largest absolute Gasteiger partial charge is 0.336 e. The third-order valence-corrected chi connectivity index (χ3v) is 4.23. The van der Waals surface area contributed by atoms with Gasteiger partial charge in [0.05, 0.1) is 5.56 Å². The maximum absolute atomic E-state index is 12.5. The molecule has 0 aromatic heterocycles. The fourth-order valence-electron chi connectivity index (χ4n) is 2.33. The number of nitrogens with zero attached hydrogens (tertiary/aromatic N) is 1. The van der Waals surface area contributed by atoms with Gasteiger partial charge in [-0.3, -0.25) is 4.79 Å². The SMILES string of the molecule is CC1CC(N)CCN1C(=O)c1ccc(Cl)cc1Br. The Hall–Kier alpha value is -0.580. The van der Waals surface area contributed by atoms with Gasteiger partial charge in [0.2, 0.25) is 0 Å². The summed E-state index contributed by atoms with van der Waals surface area (Å²) in [6.45, 7) is 2.76. The van der Waals surface area contributed by atoms with Crippen LogP contribution in [0.5, 0.6) is 0 Å². The molecule has 2 unspecified atom stereocenters. The normalized spacial score (nSPS) is 24.1. The van der Waals surface area contributed by atoms with E-state index in [0.717, 1.165) is 23.9 Å². The summed E-state index contributed by atoms with van der Waals surface area (Å²) >= 11 is 9.27. The smallest absolute Gasteiger partial charge is 0.255 e. The van der Waals surface area contributed by atoms with Crippen molar-refractivity contribution in [3.8, 4) is 0 Å². The van der Waals surface area contributed by atoms with Crippen LogP contribution in [-0.2, 0) is 0 Å². The molecule has 1 aliphatic rings. The summed E-state index contributed by atoms with van der Waals surface area (Å²) in [5.74, 6) is 0.0398. The number of amides is 1. The first-order chi connectivity index (χ1) is 8.49. The van der Waals surface area contributed by atoms with E-state index in [1.165, 1.54) is 0 Å². The van der Waals surface area contributed by atoms with Crippen molar-refractivity contribution in [2.45, 2.75) is 31.8 Å². The Morgan fingerprint density at radius 2 is 2.28 bits per heavy atom. The Labute approximate surface area is 120 Å². The molecule has 1 aromatic carbocycles. The molecule has 0 saturated carbocycles. The van der Waals surface area contributed by atoms with E-state index >= 15 is 0 Å². The van der Waals surface area contributed by atoms with Gasteiger partial charge in [-0.25, -0.2) is 0 Å². The maximum atomic E-state index is 12.5. The van der Waals surface area contributed by atoms with Crippen molar-refractivity contribution >= 4 is 33.4 Å². The molecule has 0 spiro atoms. The first-order valence-corrected chi connectivity index (χ1v) is 7.17. The minimum Gasteiger partial charge on any atom is -0.336 e. The van der Waals surface area contributed by atoms with Crippen LogP contribution in [0.2, 0.25) is 5.02 Å². The van der Waals surface area contributed by atoms with E-state index < -0.39 is 0 Å². The summed E-state index contributed by atoms with van der Waals surface area (Å²) in [6.07, 6.45) is 1.72. The molecule has 1 heterocycles. The first-order valence-electron chi connectivity index (χ1n) is 6.00. The minimum absolute atomic E-state index is 0.0398. The fraction of sp³-hybridized carbons (Fsp3) is 0.462. The molecule has 18 heavy (non-hydrogen) atoms. The van der Waals surface area contributed by atoms with E-state index in [1.54, 1.807) is 18.2 Å². The molecule has 0 aliphatic carbocycles. The van der Waals surface area contributed by atoms with Crippen LogP contribution in [0.4, 0.5) is 0 Å². The van der Waals surface area contributed by atoms with Crippen LogP contribution in [0.15, 0.2) is 22.7 Å². The van der Waals surface area contributed by atoms with Crippen LogP contribution in [0, 0.1) is 0 Å². The number of likely N-dealkylation sites (tertiary alicyclic amines) is 1. The second-order valence-electron chi connectivity index (χ2n) is 4.76. The molecule has 0 radical (unpaired) electrons. The molecule has 1 fully saturated rings. The van der Waals surface area contributed by atoms with Crippen LogP contribution < -0.4 is 5.73 Å². The van der Waals surface area contributed by atoms with Gasteiger partial charge < -0.3 is 10.6 Å². The lowest BCUT2D eigenvalue weighted by Crippen LogP contribution is -2.48. The number of hydrogen-bond donors (Lipinski definition) is 1. The zero-order valence-electron chi connectivity index (χ0n) is 10.2. The molecule has 1 aromatic rings. The number of carbonyl (C=O) groups excluding carboxylic acids is 1. The predicted molar refractivity (Wildman–Crippen MR) is 76.9 cm³/mol. The second-order valence-corrected chi connectivity index (χ2v) is 6.05. The van der Waals surface area contributed by atoms with Gasteiger partial charge in [-0.2, -0.15) is 0 Å². The number of carbonyl (C=O) groups is 1. The molecule has 2 N–H and O–H groups in total. The fourth-order valence-corrected chi connectivity index (χ4v) is 3.18. The standard InChI is InChI=1S/C13H16BrClN2O/c1-8-6-10(16)4-5-17(8)13(18)11-3-2-9(15)7-12(11)14/h2-3,7-8,10H,4-6,16H2,1H3. The van der Waals surface area contributed by atoms with E-state index in [1.807, 2.05) is 11.8 Å². The molecule has 3 nitrogen and oxygen atoms in total. The van der Waals surface area contributed by atoms with Crippen molar-refractivity contribution in [3.63, 3.8) is 0 Å². The van der Waals surface area contributed by atoms with Crippen molar-refractivity contribution in [2.24, 2.45) is 5.73 Å². The number of hydrogen-bond acceptors (Lipinski definition) is 2. The van der Waals surface area contributed by atoms with Gasteiger partial charge in [0, 0.05) is 28.1 Å². The number of halogens is 2. The molecule has 2 rings (SSSR count). The predicted octanol–water partition coefficient (Wildman–Crippen LogP) is 3.05. The zero-order valence-corrected chi connectivity index (χ0v) is 12.5. The number of benzene rings is 1. The summed E-state index contributed by atoms with van der Waals surface area (Å²) in [6, 6.07) is 5.63. The summed E-state index contributed by atoms with van der Waals surface area (Å²) in [4.78, 5) is 14.3. The van der Waals surface area contributed by atoms with E-state index in [2.05, 4.69) is 15.9 Å². The van der Waals surface area contributed by atoms with E-state index in [-0.39, 0.29) is 18.0 Å². The molecule has 2 atom stereocenters. The average Bonchev–Trinajstić information content (AvgIpc) is 2.28. The van der Waals surface area contributed by atoms with E-state index in [9.17, 15) is 4.79 Å². The highest BCUT2D eigenvalue weighted by Crippen LogP contribution is 2.25. The van der Waals surface area contributed by atoms with Crippen LogP contribution in [0.25, 0.3) is 0 Å². The maximum Gasteiger partial charge on any atom is 0.255 e. The van der Waals surface area contributed by atoms with E-state index in [0.29, 0.717) is 10.6 Å². The molecular formula is C13H16BrClN2O.